The van der Waals surface area contributed by atoms with E-state index in [0.717, 1.165) is 4.31 Å². The number of hydrogen-bond acceptors (Lipinski definition) is 3. The summed E-state index contributed by atoms with van der Waals surface area (Å²) in [4.78, 5) is 11.8. The second-order valence-corrected chi connectivity index (χ2v) is 6.82. The topological polar surface area (TPSA) is 66.5 Å². The monoisotopic (exact) mass is 336 g/mol. The number of halogens is 1. The highest BCUT2D eigenvalue weighted by molar-refractivity contribution is 7.89. The smallest absolute Gasteiger partial charge is 0.243 e. The van der Waals surface area contributed by atoms with E-state index in [2.05, 4.69) is 5.32 Å². The third-order valence-corrected chi connectivity index (χ3v) is 5.06. The first-order chi connectivity index (χ1) is 10.9. The normalized spacial score (nSPS) is 11.4. The second-order valence-electron chi connectivity index (χ2n) is 4.89. The summed E-state index contributed by atoms with van der Waals surface area (Å²) in [7, 11) is -2.40. The molecular formula is C16H17FN2O3S. The lowest BCUT2D eigenvalue weighted by Gasteiger charge is -2.21. The second kappa shape index (κ2) is 7.34. The predicted octanol–water partition coefficient (Wildman–Crippen LogP) is 1.76. The summed E-state index contributed by atoms with van der Waals surface area (Å²) in [6, 6.07) is 13.4. The zero-order valence-corrected chi connectivity index (χ0v) is 13.4. The number of likely N-dealkylation sites (N-methyl/N-ethyl adjacent to an activating group) is 1. The van der Waals surface area contributed by atoms with Crippen LogP contribution in [0.1, 0.15) is 5.56 Å². The van der Waals surface area contributed by atoms with Crippen LogP contribution in [0.5, 0.6) is 0 Å². The number of sulfonamides is 1. The van der Waals surface area contributed by atoms with Gasteiger partial charge in [0.15, 0.2) is 0 Å². The first-order valence-corrected chi connectivity index (χ1v) is 8.37. The van der Waals surface area contributed by atoms with E-state index in [4.69, 9.17) is 0 Å². The van der Waals surface area contributed by atoms with Crippen LogP contribution in [0.25, 0.3) is 0 Å². The average molecular weight is 336 g/mol. The van der Waals surface area contributed by atoms with E-state index in [9.17, 15) is 17.6 Å². The highest BCUT2D eigenvalue weighted by atomic mass is 32.2. The van der Waals surface area contributed by atoms with Gasteiger partial charge in [0.1, 0.15) is 5.82 Å². The average Bonchev–Trinajstić information content (AvgIpc) is 2.56. The highest BCUT2D eigenvalue weighted by Crippen LogP contribution is 2.18. The molecule has 0 aliphatic rings. The Hall–Kier alpha value is -2.25. The molecule has 0 unspecified atom stereocenters. The van der Waals surface area contributed by atoms with E-state index in [1.54, 1.807) is 18.2 Å². The predicted molar refractivity (Wildman–Crippen MR) is 84.5 cm³/mol. The van der Waals surface area contributed by atoms with Crippen LogP contribution < -0.4 is 5.32 Å². The fraction of sp³-hybridized carbons (Fsp3) is 0.188. The fourth-order valence-electron chi connectivity index (χ4n) is 2.00. The first-order valence-electron chi connectivity index (χ1n) is 6.93. The van der Waals surface area contributed by atoms with E-state index >= 15 is 0 Å². The Morgan fingerprint density at radius 3 is 2.26 bits per heavy atom. The van der Waals surface area contributed by atoms with Gasteiger partial charge in [-0.25, -0.2) is 12.8 Å². The molecule has 0 atom stereocenters. The Kier molecular flexibility index (Phi) is 5.46. The number of benzene rings is 2. The van der Waals surface area contributed by atoms with Gasteiger partial charge in [0.2, 0.25) is 15.9 Å². The van der Waals surface area contributed by atoms with Crippen molar-refractivity contribution in [1.29, 1.82) is 0 Å². The first kappa shape index (κ1) is 17.1. The maximum atomic E-state index is 13.0. The maximum absolute atomic E-state index is 13.0. The fourth-order valence-corrected chi connectivity index (χ4v) is 3.41. The molecule has 0 bridgehead atoms. The summed E-state index contributed by atoms with van der Waals surface area (Å²) in [5.41, 5.74) is 0.592. The van der Waals surface area contributed by atoms with Crippen LogP contribution in [0.4, 0.5) is 4.39 Å². The van der Waals surface area contributed by atoms with Crippen molar-refractivity contribution in [1.82, 2.24) is 9.62 Å². The lowest BCUT2D eigenvalue weighted by molar-refractivity contribution is -0.120. The number of carbonyl (C=O) groups is 1. The van der Waals surface area contributed by atoms with Gasteiger partial charge in [-0.15, -0.1) is 0 Å². The summed E-state index contributed by atoms with van der Waals surface area (Å²) in [5.74, 6) is -0.830. The van der Waals surface area contributed by atoms with Gasteiger partial charge in [0, 0.05) is 13.6 Å². The van der Waals surface area contributed by atoms with Gasteiger partial charge >= 0.3 is 0 Å². The van der Waals surface area contributed by atoms with Gasteiger partial charge in [-0.3, -0.25) is 4.79 Å². The summed E-state index contributed by atoms with van der Waals surface area (Å²) >= 11 is 0. The molecule has 1 N–H and O–H groups in total. The molecule has 0 spiro atoms. The van der Waals surface area contributed by atoms with Gasteiger partial charge in [-0.2, -0.15) is 4.31 Å². The van der Waals surface area contributed by atoms with E-state index in [-0.39, 0.29) is 18.0 Å². The molecule has 5 nitrogen and oxygen atoms in total. The van der Waals surface area contributed by atoms with Crippen LogP contribution in [-0.2, 0) is 21.4 Å². The Bertz CT molecular complexity index is 762. The molecule has 23 heavy (non-hydrogen) atoms. The van der Waals surface area contributed by atoms with Crippen molar-refractivity contribution in [3.05, 3.63) is 66.0 Å². The molecule has 2 rings (SSSR count). The summed E-state index contributed by atoms with van der Waals surface area (Å²) in [5, 5.41) is 2.41. The lowest BCUT2D eigenvalue weighted by atomic mass is 10.2. The number of carbonyl (C=O) groups excluding carboxylic acids is 1. The van der Waals surface area contributed by atoms with Gasteiger partial charge in [0.25, 0.3) is 0 Å². The molecular weight excluding hydrogens is 319 g/mol. The van der Waals surface area contributed by atoms with E-state index in [1.807, 2.05) is 0 Å². The lowest BCUT2D eigenvalue weighted by Crippen LogP contribution is -2.39. The minimum absolute atomic E-state index is 0.0229. The maximum Gasteiger partial charge on any atom is 0.243 e. The SMILES string of the molecule is CNC(=O)CN(Cc1ccc(F)cc1)S(=O)(=O)c1ccccc1. The quantitative estimate of drug-likeness (QED) is 0.874. The highest BCUT2D eigenvalue weighted by Gasteiger charge is 2.26. The van der Waals surface area contributed by atoms with Crippen molar-refractivity contribution >= 4 is 15.9 Å². The largest absolute Gasteiger partial charge is 0.358 e. The zero-order valence-electron chi connectivity index (χ0n) is 12.6. The minimum Gasteiger partial charge on any atom is -0.358 e. The molecule has 0 aromatic heterocycles. The third-order valence-electron chi connectivity index (χ3n) is 3.25. The van der Waals surface area contributed by atoms with Crippen LogP contribution >= 0.6 is 0 Å². The third kappa shape index (κ3) is 4.37. The van der Waals surface area contributed by atoms with Crippen LogP contribution in [0, 0.1) is 5.82 Å². The minimum atomic E-state index is -3.84. The van der Waals surface area contributed by atoms with Crippen molar-refractivity contribution in [3.8, 4) is 0 Å². The van der Waals surface area contributed by atoms with E-state index < -0.39 is 21.7 Å². The van der Waals surface area contributed by atoms with Gasteiger partial charge in [0.05, 0.1) is 11.4 Å². The molecule has 0 aliphatic heterocycles. The Morgan fingerprint density at radius 2 is 1.70 bits per heavy atom. The summed E-state index contributed by atoms with van der Waals surface area (Å²) < 4.78 is 39.5. The van der Waals surface area contributed by atoms with Crippen molar-refractivity contribution in [2.75, 3.05) is 13.6 Å². The molecule has 0 aliphatic carbocycles. The molecule has 1 amide bonds. The van der Waals surface area contributed by atoms with Gasteiger partial charge < -0.3 is 5.32 Å². The van der Waals surface area contributed by atoms with Crippen molar-refractivity contribution in [3.63, 3.8) is 0 Å². The molecule has 0 saturated carbocycles. The van der Waals surface area contributed by atoms with Crippen molar-refractivity contribution in [2.45, 2.75) is 11.4 Å². The van der Waals surface area contributed by atoms with Crippen LogP contribution in [-0.4, -0.2) is 32.2 Å². The number of nitrogens with one attached hydrogen (secondary N) is 1. The molecule has 2 aromatic rings. The molecule has 2 aromatic carbocycles. The van der Waals surface area contributed by atoms with Crippen LogP contribution in [0.2, 0.25) is 0 Å². The molecule has 122 valence electrons. The Morgan fingerprint density at radius 1 is 1.09 bits per heavy atom. The molecule has 0 heterocycles. The van der Waals surface area contributed by atoms with Crippen LogP contribution in [0.15, 0.2) is 59.5 Å². The van der Waals surface area contributed by atoms with E-state index in [0.29, 0.717) is 5.56 Å². The number of nitrogens with zero attached hydrogens (tertiary/aromatic N) is 1. The Balaban J connectivity index is 2.33. The molecule has 0 saturated heterocycles. The van der Waals surface area contributed by atoms with Crippen LogP contribution in [0.3, 0.4) is 0 Å². The van der Waals surface area contributed by atoms with Gasteiger partial charge in [-0.05, 0) is 29.8 Å². The van der Waals surface area contributed by atoms with E-state index in [1.165, 1.54) is 43.4 Å². The number of amides is 1. The molecule has 0 fully saturated rings. The summed E-state index contributed by atoms with van der Waals surface area (Å²) in [6.07, 6.45) is 0. The summed E-state index contributed by atoms with van der Waals surface area (Å²) in [6.45, 7) is -0.337. The standard InChI is InChI=1S/C16H17FN2O3S/c1-18-16(20)12-19(11-13-7-9-14(17)10-8-13)23(21,22)15-5-3-2-4-6-15/h2-10H,11-12H2,1H3,(H,18,20). The van der Waals surface area contributed by atoms with Crippen molar-refractivity contribution in [2.24, 2.45) is 0 Å². The number of rotatable bonds is 6. The molecule has 7 heteroatoms. The number of hydrogen-bond donors (Lipinski definition) is 1. The molecule has 0 radical (unpaired) electrons. The Labute approximate surface area is 134 Å². The van der Waals surface area contributed by atoms with Gasteiger partial charge in [-0.1, -0.05) is 30.3 Å². The van der Waals surface area contributed by atoms with Crippen molar-refractivity contribution < 1.29 is 17.6 Å². The zero-order chi connectivity index (χ0) is 16.9.